The van der Waals surface area contributed by atoms with Crippen molar-refractivity contribution in [3.8, 4) is 5.75 Å². The second-order valence-electron chi connectivity index (χ2n) is 4.42. The zero-order chi connectivity index (χ0) is 13.0. The number of hydrogen-bond acceptors (Lipinski definition) is 2. The standard InChI is InChI=1S/C14H16BrNO2/c15-11-5-6-12(13(17)9-11)14(18)16-8-7-10-3-1-2-4-10/h3,5-6,9,17H,1-2,4,7-8H2,(H,16,18). The average molecular weight is 310 g/mol. The number of allylic oxidation sites excluding steroid dienone is 1. The minimum Gasteiger partial charge on any atom is -0.507 e. The minimum atomic E-state index is -0.224. The molecule has 1 aliphatic carbocycles. The Bertz CT molecular complexity index is 483. The molecule has 1 aliphatic rings. The van der Waals surface area contributed by atoms with Crippen molar-refractivity contribution in [3.05, 3.63) is 39.9 Å². The zero-order valence-electron chi connectivity index (χ0n) is 10.1. The smallest absolute Gasteiger partial charge is 0.255 e. The molecule has 0 spiro atoms. The molecule has 0 fully saturated rings. The Morgan fingerprint density at radius 1 is 1.44 bits per heavy atom. The summed E-state index contributed by atoms with van der Waals surface area (Å²) in [5, 5.41) is 12.5. The molecule has 1 aromatic rings. The number of halogens is 1. The molecule has 0 radical (unpaired) electrons. The molecule has 0 aromatic heterocycles. The van der Waals surface area contributed by atoms with Crippen LogP contribution in [-0.2, 0) is 0 Å². The van der Waals surface area contributed by atoms with E-state index in [0.717, 1.165) is 23.7 Å². The van der Waals surface area contributed by atoms with Gasteiger partial charge in [0.2, 0.25) is 0 Å². The fraction of sp³-hybridized carbons (Fsp3) is 0.357. The van der Waals surface area contributed by atoms with E-state index in [1.807, 2.05) is 0 Å². The maximum Gasteiger partial charge on any atom is 0.255 e. The first-order valence-corrected chi connectivity index (χ1v) is 6.91. The average Bonchev–Trinajstić information content (AvgIpc) is 2.81. The van der Waals surface area contributed by atoms with Gasteiger partial charge in [-0.3, -0.25) is 4.79 Å². The highest BCUT2D eigenvalue weighted by Gasteiger charge is 2.11. The predicted octanol–water partition coefficient (Wildman–Crippen LogP) is 3.38. The van der Waals surface area contributed by atoms with Crippen molar-refractivity contribution in [2.75, 3.05) is 6.54 Å². The lowest BCUT2D eigenvalue weighted by atomic mass is 10.1. The highest BCUT2D eigenvalue weighted by atomic mass is 79.9. The number of amides is 1. The van der Waals surface area contributed by atoms with Crippen molar-refractivity contribution < 1.29 is 9.90 Å². The van der Waals surface area contributed by atoms with Gasteiger partial charge in [0.25, 0.3) is 5.91 Å². The van der Waals surface area contributed by atoms with Gasteiger partial charge in [-0.05, 0) is 43.9 Å². The lowest BCUT2D eigenvalue weighted by Gasteiger charge is -2.07. The van der Waals surface area contributed by atoms with Crippen LogP contribution in [0.15, 0.2) is 34.3 Å². The van der Waals surface area contributed by atoms with Gasteiger partial charge < -0.3 is 10.4 Å². The predicted molar refractivity (Wildman–Crippen MR) is 74.7 cm³/mol. The van der Waals surface area contributed by atoms with E-state index in [9.17, 15) is 9.90 Å². The van der Waals surface area contributed by atoms with Crippen LogP contribution >= 0.6 is 15.9 Å². The van der Waals surface area contributed by atoms with Crippen molar-refractivity contribution in [2.45, 2.75) is 25.7 Å². The quantitative estimate of drug-likeness (QED) is 0.838. The molecule has 1 amide bonds. The molecule has 2 rings (SSSR count). The fourth-order valence-electron chi connectivity index (χ4n) is 2.09. The molecular weight excluding hydrogens is 294 g/mol. The van der Waals surface area contributed by atoms with Crippen molar-refractivity contribution in [3.63, 3.8) is 0 Å². The van der Waals surface area contributed by atoms with E-state index in [1.54, 1.807) is 12.1 Å². The van der Waals surface area contributed by atoms with Crippen LogP contribution in [-0.4, -0.2) is 17.6 Å². The summed E-state index contributed by atoms with van der Waals surface area (Å²) in [6.07, 6.45) is 6.71. The Hall–Kier alpha value is -1.29. The number of aromatic hydroxyl groups is 1. The SMILES string of the molecule is O=C(NCCC1=CCCC1)c1ccc(Br)cc1O. The molecule has 0 unspecified atom stereocenters. The van der Waals surface area contributed by atoms with Crippen LogP contribution in [0.3, 0.4) is 0 Å². The molecule has 0 aliphatic heterocycles. The second-order valence-corrected chi connectivity index (χ2v) is 5.34. The van der Waals surface area contributed by atoms with Crippen molar-refractivity contribution >= 4 is 21.8 Å². The van der Waals surface area contributed by atoms with Gasteiger partial charge in [0.05, 0.1) is 5.56 Å². The molecular formula is C14H16BrNO2. The number of benzene rings is 1. The summed E-state index contributed by atoms with van der Waals surface area (Å²) in [5.74, 6) is -0.222. The van der Waals surface area contributed by atoms with Gasteiger partial charge in [0, 0.05) is 11.0 Å². The first-order valence-electron chi connectivity index (χ1n) is 6.11. The highest BCUT2D eigenvalue weighted by Crippen LogP contribution is 2.22. The summed E-state index contributed by atoms with van der Waals surface area (Å²) in [6, 6.07) is 4.88. The third-order valence-electron chi connectivity index (χ3n) is 3.07. The third kappa shape index (κ3) is 3.35. The number of rotatable bonds is 4. The van der Waals surface area contributed by atoms with E-state index in [2.05, 4.69) is 27.3 Å². The van der Waals surface area contributed by atoms with Gasteiger partial charge in [-0.1, -0.05) is 27.6 Å². The molecule has 1 aromatic carbocycles. The molecule has 0 bridgehead atoms. The number of carbonyl (C=O) groups excluding carboxylic acids is 1. The summed E-state index contributed by atoms with van der Waals surface area (Å²) < 4.78 is 0.757. The highest BCUT2D eigenvalue weighted by molar-refractivity contribution is 9.10. The topological polar surface area (TPSA) is 49.3 Å². The molecule has 0 heterocycles. The molecule has 3 nitrogen and oxygen atoms in total. The largest absolute Gasteiger partial charge is 0.507 e. The number of carbonyl (C=O) groups is 1. The van der Waals surface area contributed by atoms with E-state index in [-0.39, 0.29) is 11.7 Å². The number of hydrogen-bond donors (Lipinski definition) is 2. The van der Waals surface area contributed by atoms with E-state index in [0.29, 0.717) is 12.1 Å². The van der Waals surface area contributed by atoms with E-state index in [4.69, 9.17) is 0 Å². The number of phenols is 1. The van der Waals surface area contributed by atoms with Gasteiger partial charge in [-0.2, -0.15) is 0 Å². The first kappa shape index (κ1) is 13.1. The van der Waals surface area contributed by atoms with Gasteiger partial charge in [0.1, 0.15) is 5.75 Å². The first-order chi connectivity index (χ1) is 8.66. The fourth-order valence-corrected chi connectivity index (χ4v) is 2.44. The van der Waals surface area contributed by atoms with E-state index >= 15 is 0 Å². The van der Waals surface area contributed by atoms with Crippen molar-refractivity contribution in [1.82, 2.24) is 5.32 Å². The minimum absolute atomic E-state index is 0.00181. The molecule has 96 valence electrons. The van der Waals surface area contributed by atoms with E-state index < -0.39 is 0 Å². The lowest BCUT2D eigenvalue weighted by Crippen LogP contribution is -2.24. The van der Waals surface area contributed by atoms with Crippen molar-refractivity contribution in [2.24, 2.45) is 0 Å². The maximum absolute atomic E-state index is 11.8. The molecule has 0 atom stereocenters. The van der Waals surface area contributed by atoms with Crippen LogP contribution in [0, 0.1) is 0 Å². The van der Waals surface area contributed by atoms with Crippen LogP contribution in [0.1, 0.15) is 36.0 Å². The Kier molecular flexibility index (Phi) is 4.42. The Morgan fingerprint density at radius 3 is 2.94 bits per heavy atom. The summed E-state index contributed by atoms with van der Waals surface area (Å²) in [4.78, 5) is 11.8. The molecule has 2 N–H and O–H groups in total. The lowest BCUT2D eigenvalue weighted by molar-refractivity contribution is 0.0951. The summed E-state index contributed by atoms with van der Waals surface area (Å²) in [7, 11) is 0. The molecule has 4 heteroatoms. The summed E-state index contributed by atoms with van der Waals surface area (Å²) in [5.41, 5.74) is 1.74. The Labute approximate surface area is 115 Å². The Morgan fingerprint density at radius 2 is 2.28 bits per heavy atom. The second kappa shape index (κ2) is 6.05. The van der Waals surface area contributed by atoms with Gasteiger partial charge in [-0.25, -0.2) is 0 Å². The summed E-state index contributed by atoms with van der Waals surface area (Å²) in [6.45, 7) is 0.625. The van der Waals surface area contributed by atoms with Crippen LogP contribution < -0.4 is 5.32 Å². The van der Waals surface area contributed by atoms with Crippen LogP contribution in [0.25, 0.3) is 0 Å². The van der Waals surface area contributed by atoms with E-state index in [1.165, 1.54) is 18.1 Å². The van der Waals surface area contributed by atoms with Gasteiger partial charge >= 0.3 is 0 Å². The van der Waals surface area contributed by atoms with Crippen LogP contribution in [0.2, 0.25) is 0 Å². The number of nitrogens with one attached hydrogen (secondary N) is 1. The molecule has 0 saturated heterocycles. The molecule has 18 heavy (non-hydrogen) atoms. The normalized spacial score (nSPS) is 14.4. The van der Waals surface area contributed by atoms with Crippen molar-refractivity contribution in [1.29, 1.82) is 0 Å². The zero-order valence-corrected chi connectivity index (χ0v) is 11.7. The Balaban J connectivity index is 1.87. The third-order valence-corrected chi connectivity index (χ3v) is 3.56. The van der Waals surface area contributed by atoms with Crippen LogP contribution in [0.5, 0.6) is 5.75 Å². The van der Waals surface area contributed by atoms with Gasteiger partial charge in [0.15, 0.2) is 0 Å². The summed E-state index contributed by atoms with van der Waals surface area (Å²) >= 11 is 3.24. The number of phenolic OH excluding ortho intramolecular Hbond substituents is 1. The monoisotopic (exact) mass is 309 g/mol. The maximum atomic E-state index is 11.8. The molecule has 0 saturated carbocycles. The van der Waals surface area contributed by atoms with Gasteiger partial charge in [-0.15, -0.1) is 0 Å². The van der Waals surface area contributed by atoms with Crippen LogP contribution in [0.4, 0.5) is 0 Å².